The Balaban J connectivity index is 1.47. The Morgan fingerprint density at radius 1 is 1.17 bits per heavy atom. The summed E-state index contributed by atoms with van der Waals surface area (Å²) in [6.07, 6.45) is 3.50. The van der Waals surface area contributed by atoms with Crippen LogP contribution in [-0.4, -0.2) is 47.3 Å². The van der Waals surface area contributed by atoms with Gasteiger partial charge < -0.3 is 14.1 Å². The van der Waals surface area contributed by atoms with Gasteiger partial charge in [-0.2, -0.15) is 0 Å². The molecule has 2 heterocycles. The molecule has 0 bridgehead atoms. The zero-order chi connectivity index (χ0) is 20.6. The molecule has 2 fully saturated rings. The van der Waals surface area contributed by atoms with Gasteiger partial charge in [0.25, 0.3) is 11.8 Å². The fraction of sp³-hybridized carbons (Fsp3) is 0.400. The van der Waals surface area contributed by atoms with Crippen molar-refractivity contribution in [1.82, 2.24) is 10.2 Å². The van der Waals surface area contributed by atoms with E-state index < -0.39 is 35.8 Å². The van der Waals surface area contributed by atoms with Crippen molar-refractivity contribution in [2.45, 2.75) is 37.6 Å². The van der Waals surface area contributed by atoms with E-state index in [1.54, 1.807) is 18.2 Å². The summed E-state index contributed by atoms with van der Waals surface area (Å²) in [5.41, 5.74) is -0.585. The third-order valence-corrected chi connectivity index (χ3v) is 5.72. The number of carbonyl (C=O) groups is 4. The minimum atomic E-state index is -1.05. The number of hydrogen-bond acceptors (Lipinski definition) is 6. The minimum absolute atomic E-state index is 0.0603. The lowest BCUT2D eigenvalue weighted by molar-refractivity contribution is -0.161. The molecule has 9 heteroatoms. The average molecular weight is 419 g/mol. The zero-order valence-corrected chi connectivity index (χ0v) is 16.3. The zero-order valence-electron chi connectivity index (χ0n) is 15.5. The van der Waals surface area contributed by atoms with Crippen LogP contribution < -0.4 is 5.32 Å². The predicted molar refractivity (Wildman–Crippen MR) is 102 cm³/mol. The maximum Gasteiger partial charge on any atom is 0.374 e. The first-order valence-electron chi connectivity index (χ1n) is 9.40. The van der Waals surface area contributed by atoms with Gasteiger partial charge >= 0.3 is 5.97 Å². The summed E-state index contributed by atoms with van der Waals surface area (Å²) in [6.45, 7) is -0.815. The van der Waals surface area contributed by atoms with Gasteiger partial charge in [0.15, 0.2) is 6.61 Å². The maximum absolute atomic E-state index is 12.8. The molecule has 4 rings (SSSR count). The monoisotopic (exact) mass is 418 g/mol. The van der Waals surface area contributed by atoms with E-state index in [-0.39, 0.29) is 12.3 Å². The van der Waals surface area contributed by atoms with Crippen LogP contribution in [0.3, 0.4) is 0 Å². The summed E-state index contributed by atoms with van der Waals surface area (Å²) >= 11 is 5.92. The van der Waals surface area contributed by atoms with E-state index in [1.807, 2.05) is 0 Å². The molecule has 1 saturated heterocycles. The normalized spacial score (nSPS) is 18.7. The number of esters is 1. The van der Waals surface area contributed by atoms with Gasteiger partial charge in [-0.1, -0.05) is 30.9 Å². The molecule has 1 spiro atoms. The van der Waals surface area contributed by atoms with Gasteiger partial charge in [0.05, 0.1) is 0 Å². The molecule has 1 aliphatic heterocycles. The summed E-state index contributed by atoms with van der Waals surface area (Å²) in [7, 11) is 0. The molecule has 8 nitrogen and oxygen atoms in total. The fourth-order valence-electron chi connectivity index (χ4n) is 4.05. The number of furan rings is 1. The van der Waals surface area contributed by atoms with Crippen LogP contribution in [0.5, 0.6) is 0 Å². The van der Waals surface area contributed by atoms with E-state index >= 15 is 0 Å². The Kier molecular flexibility index (Phi) is 5.04. The third-order valence-electron chi connectivity index (χ3n) is 5.48. The topological polar surface area (TPSA) is 106 Å². The van der Waals surface area contributed by atoms with Crippen LogP contribution in [0.1, 0.15) is 42.7 Å². The van der Waals surface area contributed by atoms with Crippen molar-refractivity contribution in [2.24, 2.45) is 0 Å². The number of halogens is 1. The van der Waals surface area contributed by atoms with Crippen molar-refractivity contribution in [1.29, 1.82) is 0 Å². The molecule has 0 radical (unpaired) electrons. The molecule has 1 saturated carbocycles. The Labute approximate surface area is 171 Å². The van der Waals surface area contributed by atoms with E-state index in [2.05, 4.69) is 5.32 Å². The van der Waals surface area contributed by atoms with Crippen LogP contribution in [0.15, 0.2) is 28.7 Å². The van der Waals surface area contributed by atoms with Crippen molar-refractivity contribution in [3.8, 4) is 0 Å². The van der Waals surface area contributed by atoms with E-state index in [0.717, 1.165) is 19.3 Å². The molecule has 2 aliphatic rings. The van der Waals surface area contributed by atoms with Gasteiger partial charge in [0, 0.05) is 10.4 Å². The van der Waals surface area contributed by atoms with Crippen LogP contribution >= 0.6 is 11.6 Å². The summed E-state index contributed by atoms with van der Waals surface area (Å²) in [6, 6.07) is 6.39. The van der Waals surface area contributed by atoms with Crippen molar-refractivity contribution in [3.63, 3.8) is 0 Å². The number of carbonyl (C=O) groups excluding carboxylic acids is 4. The van der Waals surface area contributed by atoms with Crippen molar-refractivity contribution in [2.75, 3.05) is 13.2 Å². The second-order valence-electron chi connectivity index (χ2n) is 7.32. The fourth-order valence-corrected chi connectivity index (χ4v) is 4.23. The minimum Gasteiger partial charge on any atom is -0.450 e. The number of hydrogen-bond donors (Lipinski definition) is 1. The molecule has 0 unspecified atom stereocenters. The lowest BCUT2D eigenvalue weighted by atomic mass is 9.78. The number of imide groups is 1. The molecule has 29 heavy (non-hydrogen) atoms. The number of piperazine rings is 1. The summed E-state index contributed by atoms with van der Waals surface area (Å²) in [5, 5.41) is 3.46. The van der Waals surface area contributed by atoms with Gasteiger partial charge in [0.2, 0.25) is 11.7 Å². The molecule has 152 valence electrons. The molecule has 1 aromatic carbocycles. The average Bonchev–Trinajstić information content (AvgIpc) is 3.13. The van der Waals surface area contributed by atoms with E-state index in [1.165, 1.54) is 11.0 Å². The first-order valence-corrected chi connectivity index (χ1v) is 9.78. The highest BCUT2D eigenvalue weighted by molar-refractivity contribution is 6.31. The number of amides is 3. The SMILES string of the molecule is O=C1CN(C(=O)COC(=O)c2cc3cc(Cl)ccc3o2)C2(CCCCC2)C(=O)N1. The van der Waals surface area contributed by atoms with Crippen molar-refractivity contribution >= 4 is 46.3 Å². The first kappa shape index (κ1) is 19.4. The molecule has 1 aromatic heterocycles. The van der Waals surface area contributed by atoms with Gasteiger partial charge in [-0.25, -0.2) is 4.79 Å². The van der Waals surface area contributed by atoms with Crippen LogP contribution in [0.4, 0.5) is 0 Å². The summed E-state index contributed by atoms with van der Waals surface area (Å²) in [5.74, 6) is -2.45. The number of nitrogens with one attached hydrogen (secondary N) is 1. The summed E-state index contributed by atoms with van der Waals surface area (Å²) in [4.78, 5) is 50.7. The van der Waals surface area contributed by atoms with Crippen LogP contribution in [0.25, 0.3) is 11.0 Å². The van der Waals surface area contributed by atoms with Crippen LogP contribution in [0, 0.1) is 0 Å². The molecule has 1 N–H and O–H groups in total. The number of rotatable bonds is 3. The Morgan fingerprint density at radius 2 is 1.93 bits per heavy atom. The first-order chi connectivity index (χ1) is 13.9. The number of nitrogens with zero attached hydrogens (tertiary/aromatic N) is 1. The molecule has 0 atom stereocenters. The predicted octanol–water partition coefficient (Wildman–Crippen LogP) is 2.43. The smallest absolute Gasteiger partial charge is 0.374 e. The number of fused-ring (bicyclic) bond motifs is 1. The van der Waals surface area contributed by atoms with Crippen molar-refractivity contribution < 1.29 is 28.3 Å². The molecule has 3 amide bonds. The molecular formula is C20H19ClN2O6. The van der Waals surface area contributed by atoms with E-state index in [4.69, 9.17) is 20.8 Å². The van der Waals surface area contributed by atoms with Gasteiger partial charge in [-0.3, -0.25) is 19.7 Å². The Morgan fingerprint density at radius 3 is 2.69 bits per heavy atom. The highest BCUT2D eigenvalue weighted by Crippen LogP contribution is 2.35. The largest absolute Gasteiger partial charge is 0.450 e. The summed E-state index contributed by atoms with van der Waals surface area (Å²) < 4.78 is 10.5. The van der Waals surface area contributed by atoms with Crippen LogP contribution in [0.2, 0.25) is 5.02 Å². The molecule has 2 aromatic rings. The van der Waals surface area contributed by atoms with Crippen LogP contribution in [-0.2, 0) is 19.1 Å². The van der Waals surface area contributed by atoms with E-state index in [9.17, 15) is 19.2 Å². The second-order valence-corrected chi connectivity index (χ2v) is 7.75. The quantitative estimate of drug-likeness (QED) is 0.606. The number of benzene rings is 1. The standard InChI is InChI=1S/C20H19ClN2O6/c21-13-4-5-14-12(8-13)9-15(29-14)18(26)28-11-17(25)23-10-16(24)22-19(27)20(23)6-2-1-3-7-20/h4-5,8-9H,1-3,6-7,10-11H2,(H,22,24,27). The lowest BCUT2D eigenvalue weighted by Gasteiger charge is -2.47. The highest BCUT2D eigenvalue weighted by Gasteiger charge is 2.51. The third kappa shape index (κ3) is 3.60. The van der Waals surface area contributed by atoms with Gasteiger partial charge in [0.1, 0.15) is 17.7 Å². The molecular weight excluding hydrogens is 400 g/mol. The van der Waals surface area contributed by atoms with Crippen molar-refractivity contribution in [3.05, 3.63) is 35.0 Å². The Bertz CT molecular complexity index is 1010. The van der Waals surface area contributed by atoms with Gasteiger partial charge in [-0.05, 0) is 37.1 Å². The highest BCUT2D eigenvalue weighted by atomic mass is 35.5. The molecule has 1 aliphatic carbocycles. The second kappa shape index (κ2) is 7.51. The number of ether oxygens (including phenoxy) is 1. The maximum atomic E-state index is 12.8. The van der Waals surface area contributed by atoms with E-state index in [0.29, 0.717) is 28.8 Å². The lowest BCUT2D eigenvalue weighted by Crippen LogP contribution is -2.69. The van der Waals surface area contributed by atoms with Gasteiger partial charge in [-0.15, -0.1) is 0 Å². The Hall–Kier alpha value is -2.87.